The number of nitro benzene ring substituents is 1. The zero-order chi connectivity index (χ0) is 26.3. The minimum atomic E-state index is -1.16. The molecule has 3 aromatic rings. The Kier molecular flexibility index (Phi) is 6.26. The van der Waals surface area contributed by atoms with Crippen molar-refractivity contribution in [3.05, 3.63) is 88.0 Å². The average molecular weight is 504 g/mol. The van der Waals surface area contributed by atoms with Gasteiger partial charge in [0.1, 0.15) is 12.0 Å². The molecule has 0 radical (unpaired) electrons. The number of hydrogen-bond donors (Lipinski definition) is 0. The van der Waals surface area contributed by atoms with Crippen LogP contribution in [-0.2, 0) is 20.8 Å². The number of nitrogens with zero attached hydrogens (tertiary/aromatic N) is 3. The van der Waals surface area contributed by atoms with Gasteiger partial charge in [0, 0.05) is 0 Å². The molecular weight excluding hydrogens is 478 g/mol. The molecule has 2 saturated heterocycles. The minimum Gasteiger partial charge on any atom is -0.493 e. The van der Waals surface area contributed by atoms with Gasteiger partial charge in [0.05, 0.1) is 42.1 Å². The Bertz CT molecular complexity index is 1360. The van der Waals surface area contributed by atoms with Crippen LogP contribution in [0.25, 0.3) is 0 Å². The first kappa shape index (κ1) is 24.3. The van der Waals surface area contributed by atoms with Gasteiger partial charge in [-0.05, 0) is 42.3 Å². The fraction of sp³-hybridized carbons (Fsp3) is 0.259. The summed E-state index contributed by atoms with van der Waals surface area (Å²) in [6.07, 6.45) is -0.343. The van der Waals surface area contributed by atoms with E-state index in [1.807, 2.05) is 25.1 Å². The lowest BCUT2D eigenvalue weighted by Crippen LogP contribution is -2.37. The second kappa shape index (κ2) is 9.55. The summed E-state index contributed by atoms with van der Waals surface area (Å²) in [4.78, 5) is 46.2. The number of carbonyl (C=O) groups excluding carboxylic acids is 2. The molecule has 0 saturated carbocycles. The number of fused-ring (bicyclic) bond motifs is 1. The number of hydrogen-bond acceptors (Lipinski definition) is 8. The molecule has 0 aromatic heterocycles. The number of para-hydroxylation sites is 1. The maximum Gasteiger partial charge on any atom is 0.278 e. The molecule has 2 fully saturated rings. The molecule has 2 heterocycles. The molecule has 3 aromatic carbocycles. The standard InChI is InChI=1S/C27H25N3O7/c1-4-16-10-12-17(13-11-16)28-26(31)23-24(19-14-21(35-2)22(36-3)15-20(19)30(33)34)29(37-25(23)27(28)32)18-8-6-5-7-9-18/h5-15,23-25H,4H2,1-3H3/t23-,24-,25-/m1/s1. The van der Waals surface area contributed by atoms with E-state index in [-0.39, 0.29) is 22.7 Å². The molecule has 37 heavy (non-hydrogen) atoms. The second-order valence-electron chi connectivity index (χ2n) is 8.71. The van der Waals surface area contributed by atoms with Crippen molar-refractivity contribution >= 4 is 28.9 Å². The number of hydroxylamine groups is 1. The lowest BCUT2D eigenvalue weighted by molar-refractivity contribution is -0.385. The zero-order valence-electron chi connectivity index (χ0n) is 20.5. The van der Waals surface area contributed by atoms with Gasteiger partial charge in [-0.2, -0.15) is 0 Å². The number of carbonyl (C=O) groups is 2. The fourth-order valence-electron chi connectivity index (χ4n) is 4.94. The molecule has 3 atom stereocenters. The van der Waals surface area contributed by atoms with Gasteiger partial charge >= 0.3 is 0 Å². The highest BCUT2D eigenvalue weighted by Crippen LogP contribution is 2.51. The molecule has 2 aliphatic heterocycles. The van der Waals surface area contributed by atoms with Gasteiger partial charge in [-0.25, -0.2) is 9.96 Å². The number of benzene rings is 3. The molecule has 2 amide bonds. The number of amides is 2. The highest BCUT2D eigenvalue weighted by Gasteiger charge is 2.61. The Hall–Kier alpha value is -4.44. The number of aryl methyl sites for hydroxylation is 1. The highest BCUT2D eigenvalue weighted by molar-refractivity contribution is 6.24. The molecule has 0 bridgehead atoms. The Labute approximate surface area is 213 Å². The zero-order valence-corrected chi connectivity index (χ0v) is 20.5. The summed E-state index contributed by atoms with van der Waals surface area (Å²) >= 11 is 0. The summed E-state index contributed by atoms with van der Waals surface area (Å²) < 4.78 is 10.7. The van der Waals surface area contributed by atoms with E-state index in [4.69, 9.17) is 14.3 Å². The first-order valence-electron chi connectivity index (χ1n) is 11.8. The normalized spacial score (nSPS) is 20.8. The van der Waals surface area contributed by atoms with Crippen LogP contribution in [0, 0.1) is 16.0 Å². The van der Waals surface area contributed by atoms with Crippen molar-refractivity contribution in [1.82, 2.24) is 0 Å². The van der Waals surface area contributed by atoms with Crippen LogP contribution in [0.3, 0.4) is 0 Å². The van der Waals surface area contributed by atoms with Crippen LogP contribution < -0.4 is 19.4 Å². The van der Waals surface area contributed by atoms with Crippen molar-refractivity contribution in [3.63, 3.8) is 0 Å². The van der Waals surface area contributed by atoms with Crippen LogP contribution in [0.1, 0.15) is 24.1 Å². The molecule has 2 aliphatic rings. The average Bonchev–Trinajstić information content (AvgIpc) is 3.43. The SMILES string of the molecule is CCc1ccc(N2C(=O)[C@@H]3[C@@H](c4cc(OC)c(OC)cc4[N+](=O)[O-])N(c4ccccc4)O[C@H]3C2=O)cc1. The largest absolute Gasteiger partial charge is 0.493 e. The summed E-state index contributed by atoms with van der Waals surface area (Å²) in [7, 11) is 2.80. The van der Waals surface area contributed by atoms with Crippen molar-refractivity contribution in [2.75, 3.05) is 24.2 Å². The number of imide groups is 1. The Morgan fingerprint density at radius 2 is 1.57 bits per heavy atom. The van der Waals surface area contributed by atoms with Crippen molar-refractivity contribution in [3.8, 4) is 11.5 Å². The van der Waals surface area contributed by atoms with Crippen molar-refractivity contribution in [1.29, 1.82) is 0 Å². The van der Waals surface area contributed by atoms with Crippen LogP contribution in [0.4, 0.5) is 17.1 Å². The van der Waals surface area contributed by atoms with Gasteiger partial charge in [0.2, 0.25) is 5.91 Å². The third kappa shape index (κ3) is 3.95. The number of rotatable bonds is 7. The summed E-state index contributed by atoms with van der Waals surface area (Å²) in [5, 5.41) is 13.6. The summed E-state index contributed by atoms with van der Waals surface area (Å²) in [6.45, 7) is 2.01. The lowest BCUT2D eigenvalue weighted by Gasteiger charge is -2.29. The summed E-state index contributed by atoms with van der Waals surface area (Å²) in [5.41, 5.74) is 1.93. The first-order chi connectivity index (χ1) is 17.9. The monoisotopic (exact) mass is 503 g/mol. The fourth-order valence-corrected chi connectivity index (χ4v) is 4.94. The topological polar surface area (TPSA) is 111 Å². The van der Waals surface area contributed by atoms with Gasteiger partial charge in [0.15, 0.2) is 17.6 Å². The molecule has 10 heteroatoms. The third-order valence-corrected chi connectivity index (χ3v) is 6.78. The van der Waals surface area contributed by atoms with Gasteiger partial charge in [-0.15, -0.1) is 0 Å². The van der Waals surface area contributed by atoms with E-state index in [0.717, 1.165) is 16.9 Å². The van der Waals surface area contributed by atoms with E-state index in [1.54, 1.807) is 36.4 Å². The molecule has 0 spiro atoms. The molecule has 0 N–H and O–H groups in total. The number of ether oxygens (including phenoxy) is 2. The van der Waals surface area contributed by atoms with Crippen molar-refractivity contribution in [2.24, 2.45) is 5.92 Å². The molecule has 0 aliphatic carbocycles. The Morgan fingerprint density at radius 1 is 0.919 bits per heavy atom. The quantitative estimate of drug-likeness (QED) is 0.268. The molecule has 0 unspecified atom stereocenters. The van der Waals surface area contributed by atoms with E-state index in [1.165, 1.54) is 31.4 Å². The smallest absolute Gasteiger partial charge is 0.278 e. The third-order valence-electron chi connectivity index (χ3n) is 6.78. The predicted molar refractivity (Wildman–Crippen MR) is 135 cm³/mol. The highest BCUT2D eigenvalue weighted by atomic mass is 16.7. The maximum atomic E-state index is 13.8. The van der Waals surface area contributed by atoms with E-state index in [9.17, 15) is 19.7 Å². The van der Waals surface area contributed by atoms with E-state index < -0.39 is 34.8 Å². The molecule has 10 nitrogen and oxygen atoms in total. The van der Waals surface area contributed by atoms with Crippen LogP contribution in [0.15, 0.2) is 66.7 Å². The van der Waals surface area contributed by atoms with E-state index in [0.29, 0.717) is 11.4 Å². The summed E-state index contributed by atoms with van der Waals surface area (Å²) in [6, 6.07) is 17.8. The van der Waals surface area contributed by atoms with Crippen LogP contribution in [0.5, 0.6) is 11.5 Å². The van der Waals surface area contributed by atoms with Crippen LogP contribution in [-0.4, -0.2) is 37.1 Å². The number of methoxy groups -OCH3 is 2. The Balaban J connectivity index is 1.66. The summed E-state index contributed by atoms with van der Waals surface area (Å²) in [5.74, 6) is -1.62. The second-order valence-corrected chi connectivity index (χ2v) is 8.71. The lowest BCUT2D eigenvalue weighted by atomic mass is 9.89. The van der Waals surface area contributed by atoms with E-state index in [2.05, 4.69) is 0 Å². The van der Waals surface area contributed by atoms with Gasteiger partial charge in [-0.1, -0.05) is 37.3 Å². The molecule has 5 rings (SSSR count). The van der Waals surface area contributed by atoms with E-state index >= 15 is 0 Å². The Morgan fingerprint density at radius 3 is 2.16 bits per heavy atom. The van der Waals surface area contributed by atoms with Crippen LogP contribution >= 0.6 is 0 Å². The van der Waals surface area contributed by atoms with Crippen molar-refractivity contribution in [2.45, 2.75) is 25.5 Å². The number of nitro groups is 1. The van der Waals surface area contributed by atoms with Gasteiger partial charge in [-0.3, -0.25) is 24.5 Å². The van der Waals surface area contributed by atoms with Gasteiger partial charge < -0.3 is 9.47 Å². The molecular formula is C27H25N3O7. The first-order valence-corrected chi connectivity index (χ1v) is 11.8. The minimum absolute atomic E-state index is 0.170. The maximum absolute atomic E-state index is 13.8. The van der Waals surface area contributed by atoms with Crippen molar-refractivity contribution < 1.29 is 28.8 Å². The van der Waals surface area contributed by atoms with Gasteiger partial charge in [0.25, 0.3) is 11.6 Å². The predicted octanol–water partition coefficient (Wildman–Crippen LogP) is 4.23. The molecule has 190 valence electrons. The van der Waals surface area contributed by atoms with Crippen LogP contribution in [0.2, 0.25) is 0 Å². The number of anilines is 2.